The second-order valence-corrected chi connectivity index (χ2v) is 8.57. The van der Waals surface area contributed by atoms with Gasteiger partial charge in [0.05, 0.1) is 0 Å². The average molecular weight is 418 g/mol. The highest BCUT2D eigenvalue weighted by atomic mass is 16.5. The third-order valence-corrected chi connectivity index (χ3v) is 5.93. The standard InChI is InChI=1S/C19H27BN4O6/c1-19(22,18(27)23-5-4-21)9-24-7-10(8-24)29-14-3-2-11-12-6-13(12)20(28)30-16(11)15(14)17(25)26/h2-3,10,12-13,28H,4-9,21-22H2,1H3,(H,23,27)(H,25,26)/t12-,13-,19-/m0/s1. The van der Waals surface area contributed by atoms with E-state index in [1.54, 1.807) is 13.0 Å². The quantitative estimate of drug-likeness (QED) is 0.333. The van der Waals surface area contributed by atoms with Crippen molar-refractivity contribution in [1.29, 1.82) is 0 Å². The molecule has 0 radical (unpaired) electrons. The van der Waals surface area contributed by atoms with Gasteiger partial charge in [-0.2, -0.15) is 0 Å². The minimum absolute atomic E-state index is 0.0405. The summed E-state index contributed by atoms with van der Waals surface area (Å²) < 4.78 is 11.4. The van der Waals surface area contributed by atoms with Crippen LogP contribution < -0.4 is 26.2 Å². The lowest BCUT2D eigenvalue weighted by Crippen LogP contribution is -2.64. The Bertz CT molecular complexity index is 860. The number of likely N-dealkylation sites (tertiary alicyclic amines) is 1. The van der Waals surface area contributed by atoms with Crippen LogP contribution in [0.1, 0.15) is 35.2 Å². The predicted molar refractivity (Wildman–Crippen MR) is 109 cm³/mol. The van der Waals surface area contributed by atoms with Crippen LogP contribution in [0.25, 0.3) is 0 Å². The first-order valence-electron chi connectivity index (χ1n) is 10.1. The molecule has 1 aromatic rings. The van der Waals surface area contributed by atoms with Crippen molar-refractivity contribution < 1.29 is 29.1 Å². The molecular formula is C19H27BN4O6. The molecule has 1 aromatic carbocycles. The molecule has 11 heteroatoms. The molecule has 0 aromatic heterocycles. The van der Waals surface area contributed by atoms with E-state index in [2.05, 4.69) is 5.32 Å². The van der Waals surface area contributed by atoms with E-state index >= 15 is 0 Å². The Kier molecular flexibility index (Phi) is 5.39. The van der Waals surface area contributed by atoms with Crippen molar-refractivity contribution in [3.8, 4) is 11.5 Å². The van der Waals surface area contributed by atoms with Crippen molar-refractivity contribution in [3.63, 3.8) is 0 Å². The van der Waals surface area contributed by atoms with Crippen LogP contribution in [0.2, 0.25) is 5.82 Å². The number of hydrogen-bond donors (Lipinski definition) is 5. The summed E-state index contributed by atoms with van der Waals surface area (Å²) in [5.41, 5.74) is 11.2. The molecule has 7 N–H and O–H groups in total. The largest absolute Gasteiger partial charge is 0.535 e. The maximum absolute atomic E-state index is 12.1. The molecule has 1 saturated carbocycles. The molecule has 1 saturated heterocycles. The molecule has 0 spiro atoms. The SMILES string of the molecule is C[C@](N)(CN1CC(Oc2ccc3c(c2C(=O)O)OB(O)[C@H]2C[C@@H]32)C1)C(=O)NCCN. The number of hydrogen-bond acceptors (Lipinski definition) is 8. The number of fused-ring (bicyclic) bond motifs is 3. The highest BCUT2D eigenvalue weighted by molar-refractivity contribution is 6.48. The molecule has 1 amide bonds. The first-order chi connectivity index (χ1) is 14.2. The first-order valence-corrected chi connectivity index (χ1v) is 10.1. The molecule has 162 valence electrons. The number of aromatic carboxylic acids is 1. The molecule has 0 bridgehead atoms. The van der Waals surface area contributed by atoms with Gasteiger partial charge < -0.3 is 36.3 Å². The lowest BCUT2D eigenvalue weighted by Gasteiger charge is -2.42. The van der Waals surface area contributed by atoms with Crippen LogP contribution in [0.15, 0.2) is 12.1 Å². The Hall–Kier alpha value is -2.34. The highest BCUT2D eigenvalue weighted by Gasteiger charge is 2.54. The fraction of sp³-hybridized carbons (Fsp3) is 0.579. The summed E-state index contributed by atoms with van der Waals surface area (Å²) in [6, 6.07) is 3.48. The summed E-state index contributed by atoms with van der Waals surface area (Å²) in [6.07, 6.45) is 0.563. The number of carboxylic acid groups (broad SMARTS) is 1. The van der Waals surface area contributed by atoms with Gasteiger partial charge in [0, 0.05) is 38.5 Å². The van der Waals surface area contributed by atoms with Gasteiger partial charge in [-0.25, -0.2) is 4.79 Å². The highest BCUT2D eigenvalue weighted by Crippen LogP contribution is 2.60. The van der Waals surface area contributed by atoms with Crippen LogP contribution in [-0.2, 0) is 4.79 Å². The summed E-state index contributed by atoms with van der Waals surface area (Å²) >= 11 is 0. The zero-order chi connectivity index (χ0) is 21.6. The third-order valence-electron chi connectivity index (χ3n) is 5.93. The number of ether oxygens (including phenoxy) is 1. The second-order valence-electron chi connectivity index (χ2n) is 8.57. The van der Waals surface area contributed by atoms with E-state index < -0.39 is 18.6 Å². The van der Waals surface area contributed by atoms with Gasteiger partial charge in [-0.15, -0.1) is 0 Å². The monoisotopic (exact) mass is 418 g/mol. The maximum atomic E-state index is 12.1. The van der Waals surface area contributed by atoms with E-state index in [4.69, 9.17) is 20.9 Å². The van der Waals surface area contributed by atoms with Gasteiger partial charge in [0.15, 0.2) is 0 Å². The fourth-order valence-electron chi connectivity index (χ4n) is 4.23. The van der Waals surface area contributed by atoms with Crippen LogP contribution in [-0.4, -0.2) is 78.4 Å². The Morgan fingerprint density at radius 2 is 2.17 bits per heavy atom. The van der Waals surface area contributed by atoms with E-state index in [1.165, 1.54) is 0 Å². The number of benzene rings is 1. The predicted octanol–water partition coefficient (Wildman–Crippen LogP) is -1.03. The Balaban J connectivity index is 1.39. The van der Waals surface area contributed by atoms with Crippen LogP contribution in [0, 0.1) is 0 Å². The number of nitrogens with two attached hydrogens (primary N) is 2. The topological polar surface area (TPSA) is 160 Å². The number of nitrogens with zero attached hydrogens (tertiary/aromatic N) is 1. The number of carboxylic acids is 1. The molecule has 2 heterocycles. The van der Waals surface area contributed by atoms with Crippen LogP contribution >= 0.6 is 0 Å². The van der Waals surface area contributed by atoms with E-state index in [1.807, 2.05) is 11.0 Å². The summed E-state index contributed by atoms with van der Waals surface area (Å²) in [5.74, 6) is -0.826. The van der Waals surface area contributed by atoms with Crippen LogP contribution in [0.3, 0.4) is 0 Å². The van der Waals surface area contributed by atoms with Crippen molar-refractivity contribution in [2.75, 3.05) is 32.7 Å². The summed E-state index contributed by atoms with van der Waals surface area (Å²) in [6.45, 7) is 3.75. The molecule has 1 aliphatic carbocycles. The van der Waals surface area contributed by atoms with Gasteiger partial charge in [0.1, 0.15) is 28.7 Å². The molecule has 0 unspecified atom stereocenters. The van der Waals surface area contributed by atoms with E-state index in [0.717, 1.165) is 12.0 Å². The molecule has 3 aliphatic rings. The van der Waals surface area contributed by atoms with E-state index in [0.29, 0.717) is 32.7 Å². The summed E-state index contributed by atoms with van der Waals surface area (Å²) in [7, 11) is -0.984. The zero-order valence-electron chi connectivity index (χ0n) is 16.8. The number of nitrogens with one attached hydrogen (secondary N) is 1. The fourth-order valence-corrected chi connectivity index (χ4v) is 4.23. The lowest BCUT2D eigenvalue weighted by molar-refractivity contribution is -0.127. The Morgan fingerprint density at radius 3 is 2.83 bits per heavy atom. The zero-order valence-corrected chi connectivity index (χ0v) is 16.8. The van der Waals surface area contributed by atoms with Crippen molar-refractivity contribution in [2.24, 2.45) is 11.5 Å². The molecule has 30 heavy (non-hydrogen) atoms. The van der Waals surface area contributed by atoms with Crippen molar-refractivity contribution >= 4 is 19.0 Å². The van der Waals surface area contributed by atoms with E-state index in [9.17, 15) is 19.7 Å². The minimum Gasteiger partial charge on any atom is -0.535 e. The first kappa shape index (κ1) is 20.9. The van der Waals surface area contributed by atoms with E-state index in [-0.39, 0.29) is 40.8 Å². The minimum atomic E-state index is -1.16. The normalized spacial score (nSPS) is 24.6. The molecule has 2 aliphatic heterocycles. The van der Waals surface area contributed by atoms with Gasteiger partial charge in [-0.1, -0.05) is 6.07 Å². The van der Waals surface area contributed by atoms with Gasteiger partial charge in [0.2, 0.25) is 5.91 Å². The third kappa shape index (κ3) is 3.85. The van der Waals surface area contributed by atoms with Gasteiger partial charge in [0.25, 0.3) is 0 Å². The number of carbonyl (C=O) groups excluding carboxylic acids is 1. The number of rotatable bonds is 8. The molecule has 10 nitrogen and oxygen atoms in total. The number of carbonyl (C=O) groups is 2. The molecule has 2 fully saturated rings. The number of amides is 1. The van der Waals surface area contributed by atoms with Gasteiger partial charge in [-0.3, -0.25) is 9.69 Å². The Morgan fingerprint density at radius 1 is 1.43 bits per heavy atom. The lowest BCUT2D eigenvalue weighted by atomic mass is 9.77. The van der Waals surface area contributed by atoms with Crippen molar-refractivity contribution in [2.45, 2.75) is 36.7 Å². The summed E-state index contributed by atoms with van der Waals surface area (Å²) in [5, 5.41) is 22.4. The maximum Gasteiger partial charge on any atom is 0.526 e. The molecule has 3 atom stereocenters. The van der Waals surface area contributed by atoms with Crippen molar-refractivity contribution in [1.82, 2.24) is 10.2 Å². The molecular weight excluding hydrogens is 391 g/mol. The van der Waals surface area contributed by atoms with Crippen LogP contribution in [0.4, 0.5) is 0 Å². The van der Waals surface area contributed by atoms with Gasteiger partial charge >= 0.3 is 13.1 Å². The smallest absolute Gasteiger partial charge is 0.526 e. The second kappa shape index (κ2) is 7.73. The Labute approximate surface area is 174 Å². The van der Waals surface area contributed by atoms with Crippen LogP contribution in [0.5, 0.6) is 11.5 Å². The summed E-state index contributed by atoms with van der Waals surface area (Å²) in [4.78, 5) is 26.0. The van der Waals surface area contributed by atoms with Gasteiger partial charge in [-0.05, 0) is 30.9 Å². The average Bonchev–Trinajstić information content (AvgIpc) is 3.45. The van der Waals surface area contributed by atoms with Crippen molar-refractivity contribution in [3.05, 3.63) is 23.3 Å². The molecule has 4 rings (SSSR count).